The van der Waals surface area contributed by atoms with Gasteiger partial charge < -0.3 is 20.1 Å². The maximum Gasteiger partial charge on any atom is 0.451 e. The predicted molar refractivity (Wildman–Crippen MR) is 144 cm³/mol. The van der Waals surface area contributed by atoms with Crippen molar-refractivity contribution in [3.05, 3.63) is 87.8 Å². The van der Waals surface area contributed by atoms with Gasteiger partial charge in [-0.25, -0.2) is 9.97 Å². The summed E-state index contributed by atoms with van der Waals surface area (Å²) in [5.41, 5.74) is 6.89. The van der Waals surface area contributed by atoms with Crippen LogP contribution in [0.15, 0.2) is 63.9 Å². The Hall–Kier alpha value is -5.20. The number of nitrogens with zero attached hydrogens (tertiary/aromatic N) is 4. The summed E-state index contributed by atoms with van der Waals surface area (Å²) in [4.78, 5) is 44.7. The Kier molecular flexibility index (Phi) is 6.73. The number of halogens is 3. The zero-order valence-corrected chi connectivity index (χ0v) is 22.0. The number of amides is 2. The number of alkyl halides is 3. The van der Waals surface area contributed by atoms with Gasteiger partial charge in [0.25, 0.3) is 11.5 Å². The first kappa shape index (κ1) is 27.4. The standard InChI is InChI=1S/C28H23F3N6O4/c1-4-37-20(15-8-10-16(11-9-15)21-14(2)41-36(3)26(21)40)13-19-23(37)22(35-27(34-19)28(29,30)31)25(39)33-18-7-5-6-17(12-18)24(32)38/h5-13H,4H2,1-3H3,(H2,32,38)(H,33,39). The SMILES string of the molecule is CCn1c(-c2ccc(-c3c(C)on(C)c3=O)cc2)cc2nc(C(F)(F)F)nc(C(=O)Nc3cccc(C(N)=O)c3)c21. The van der Waals surface area contributed by atoms with Gasteiger partial charge >= 0.3 is 6.18 Å². The van der Waals surface area contributed by atoms with Crippen LogP contribution >= 0.6 is 0 Å². The highest BCUT2D eigenvalue weighted by Gasteiger charge is 2.37. The molecule has 0 atom stereocenters. The molecule has 210 valence electrons. The van der Waals surface area contributed by atoms with E-state index in [1.165, 1.54) is 37.4 Å². The Morgan fingerprint density at radius 1 is 1.05 bits per heavy atom. The fraction of sp³-hybridized carbons (Fsp3) is 0.179. The van der Waals surface area contributed by atoms with Crippen molar-refractivity contribution in [1.82, 2.24) is 19.3 Å². The second-order valence-corrected chi connectivity index (χ2v) is 9.20. The van der Waals surface area contributed by atoms with Gasteiger partial charge in [-0.15, -0.1) is 0 Å². The van der Waals surface area contributed by atoms with E-state index in [-0.39, 0.29) is 34.4 Å². The summed E-state index contributed by atoms with van der Waals surface area (Å²) in [6.07, 6.45) is -4.92. The van der Waals surface area contributed by atoms with Crippen LogP contribution < -0.4 is 16.6 Å². The molecule has 5 rings (SSSR count). The largest absolute Gasteiger partial charge is 0.451 e. The number of carbonyl (C=O) groups is 2. The van der Waals surface area contributed by atoms with Crippen molar-refractivity contribution in [2.24, 2.45) is 12.8 Å². The van der Waals surface area contributed by atoms with Crippen LogP contribution in [0.25, 0.3) is 33.4 Å². The van der Waals surface area contributed by atoms with Crippen molar-refractivity contribution in [3.63, 3.8) is 0 Å². The maximum absolute atomic E-state index is 13.8. The van der Waals surface area contributed by atoms with E-state index in [4.69, 9.17) is 10.3 Å². The van der Waals surface area contributed by atoms with Crippen LogP contribution in [0, 0.1) is 6.92 Å². The average molecular weight is 565 g/mol. The normalized spacial score (nSPS) is 11.7. The number of carbonyl (C=O) groups excluding carboxylic acids is 2. The van der Waals surface area contributed by atoms with Crippen molar-refractivity contribution >= 4 is 28.5 Å². The molecule has 3 heterocycles. The molecule has 5 aromatic rings. The molecule has 0 bridgehead atoms. The van der Waals surface area contributed by atoms with Crippen LogP contribution in [0.1, 0.15) is 39.4 Å². The van der Waals surface area contributed by atoms with E-state index in [0.29, 0.717) is 28.1 Å². The third-order valence-corrected chi connectivity index (χ3v) is 6.53. The fourth-order valence-corrected chi connectivity index (χ4v) is 4.69. The van der Waals surface area contributed by atoms with Crippen LogP contribution in [-0.4, -0.2) is 31.1 Å². The third-order valence-electron chi connectivity index (χ3n) is 6.53. The minimum Gasteiger partial charge on any atom is -0.381 e. The summed E-state index contributed by atoms with van der Waals surface area (Å²) >= 11 is 0. The fourth-order valence-electron chi connectivity index (χ4n) is 4.69. The summed E-state index contributed by atoms with van der Waals surface area (Å²) in [5, 5.41) is 2.50. The molecule has 0 aliphatic heterocycles. The van der Waals surface area contributed by atoms with Crippen molar-refractivity contribution < 1.29 is 27.3 Å². The quantitative estimate of drug-likeness (QED) is 0.305. The number of nitrogens with two attached hydrogens (primary N) is 1. The highest BCUT2D eigenvalue weighted by atomic mass is 19.4. The van der Waals surface area contributed by atoms with E-state index in [1.807, 2.05) is 0 Å². The molecule has 2 amide bonds. The second-order valence-electron chi connectivity index (χ2n) is 9.20. The van der Waals surface area contributed by atoms with Crippen LogP contribution in [0.3, 0.4) is 0 Å². The Morgan fingerprint density at radius 2 is 1.73 bits per heavy atom. The number of primary amides is 1. The lowest BCUT2D eigenvalue weighted by Gasteiger charge is -2.13. The van der Waals surface area contributed by atoms with Crippen LogP contribution in [0.4, 0.5) is 18.9 Å². The molecule has 41 heavy (non-hydrogen) atoms. The molecule has 0 aliphatic rings. The predicted octanol–water partition coefficient (Wildman–Crippen LogP) is 4.76. The summed E-state index contributed by atoms with van der Waals surface area (Å²) < 4.78 is 49.4. The molecule has 0 fully saturated rings. The molecule has 3 aromatic heterocycles. The Morgan fingerprint density at radius 3 is 2.32 bits per heavy atom. The van der Waals surface area contributed by atoms with Crippen molar-refractivity contribution in [2.75, 3.05) is 5.32 Å². The topological polar surface area (TPSA) is 138 Å². The van der Waals surface area contributed by atoms with Gasteiger partial charge in [-0.05, 0) is 49.2 Å². The molecule has 3 N–H and O–H groups in total. The van der Waals surface area contributed by atoms with E-state index in [0.717, 1.165) is 4.74 Å². The van der Waals surface area contributed by atoms with Crippen LogP contribution in [-0.2, 0) is 19.8 Å². The highest BCUT2D eigenvalue weighted by Crippen LogP contribution is 2.34. The maximum atomic E-state index is 13.8. The van der Waals surface area contributed by atoms with Gasteiger partial charge in [0.15, 0.2) is 5.69 Å². The minimum atomic E-state index is -4.92. The highest BCUT2D eigenvalue weighted by molar-refractivity contribution is 6.11. The minimum absolute atomic E-state index is 0.0798. The summed E-state index contributed by atoms with van der Waals surface area (Å²) in [6.45, 7) is 3.72. The number of anilines is 1. The molecule has 0 saturated carbocycles. The van der Waals surface area contributed by atoms with Gasteiger partial charge in [0.2, 0.25) is 11.7 Å². The van der Waals surface area contributed by atoms with Gasteiger partial charge in [-0.2, -0.15) is 17.9 Å². The van der Waals surface area contributed by atoms with E-state index >= 15 is 0 Å². The number of benzene rings is 2. The average Bonchev–Trinajstić information content (AvgIpc) is 3.43. The lowest BCUT2D eigenvalue weighted by atomic mass is 10.0. The zero-order valence-electron chi connectivity index (χ0n) is 22.0. The molecule has 0 aliphatic carbocycles. The van der Waals surface area contributed by atoms with Gasteiger partial charge in [0.1, 0.15) is 5.76 Å². The monoisotopic (exact) mass is 564 g/mol. The lowest BCUT2D eigenvalue weighted by molar-refractivity contribution is -0.144. The number of rotatable bonds is 6. The van der Waals surface area contributed by atoms with E-state index in [9.17, 15) is 27.6 Å². The summed E-state index contributed by atoms with van der Waals surface area (Å²) in [6, 6.07) is 14.0. The second kappa shape index (κ2) is 10.1. The van der Waals surface area contributed by atoms with Crippen LogP contribution in [0.5, 0.6) is 0 Å². The smallest absolute Gasteiger partial charge is 0.381 e. The molecular formula is C28H23F3N6O4. The molecule has 10 nitrogen and oxygen atoms in total. The number of hydrogen-bond donors (Lipinski definition) is 2. The van der Waals surface area contributed by atoms with E-state index < -0.39 is 29.5 Å². The number of nitrogens with one attached hydrogen (secondary N) is 1. The van der Waals surface area contributed by atoms with E-state index in [2.05, 4.69) is 15.3 Å². The van der Waals surface area contributed by atoms with E-state index in [1.54, 1.807) is 42.7 Å². The van der Waals surface area contributed by atoms with Gasteiger partial charge in [0.05, 0.1) is 22.3 Å². The van der Waals surface area contributed by atoms with Gasteiger partial charge in [-0.1, -0.05) is 30.3 Å². The Balaban J connectivity index is 1.63. The number of fused-ring (bicyclic) bond motifs is 1. The first-order valence-electron chi connectivity index (χ1n) is 12.4. The zero-order chi connectivity index (χ0) is 29.6. The van der Waals surface area contributed by atoms with Crippen molar-refractivity contribution in [1.29, 1.82) is 0 Å². The lowest BCUT2D eigenvalue weighted by Crippen LogP contribution is -2.20. The Labute approximate surface area is 230 Å². The Bertz CT molecular complexity index is 1880. The summed E-state index contributed by atoms with van der Waals surface area (Å²) in [5.74, 6) is -2.68. The molecule has 0 unspecified atom stereocenters. The number of aromatic nitrogens is 4. The molecule has 0 saturated heterocycles. The van der Waals surface area contributed by atoms with Crippen molar-refractivity contribution in [3.8, 4) is 22.4 Å². The molecular weight excluding hydrogens is 541 g/mol. The first-order valence-corrected chi connectivity index (χ1v) is 12.4. The van der Waals surface area contributed by atoms with Gasteiger partial charge in [0, 0.05) is 24.8 Å². The van der Waals surface area contributed by atoms with Crippen LogP contribution in [0.2, 0.25) is 0 Å². The molecule has 0 radical (unpaired) electrons. The van der Waals surface area contributed by atoms with Gasteiger partial charge in [-0.3, -0.25) is 14.4 Å². The van der Waals surface area contributed by atoms with Crippen molar-refractivity contribution in [2.45, 2.75) is 26.6 Å². The molecule has 13 heteroatoms. The molecule has 2 aromatic carbocycles. The number of hydrogen-bond acceptors (Lipinski definition) is 6. The first-order chi connectivity index (χ1) is 19.4. The number of aryl methyl sites for hydroxylation is 3. The third kappa shape index (κ3) is 4.97. The molecule has 0 spiro atoms. The summed E-state index contributed by atoms with van der Waals surface area (Å²) in [7, 11) is 1.51.